The fourth-order valence-corrected chi connectivity index (χ4v) is 0.326. The minimum atomic E-state index is -1.74. The van der Waals surface area contributed by atoms with Gasteiger partial charge in [-0.2, -0.15) is 0 Å². The molecule has 0 heterocycles. The zero-order valence-corrected chi connectivity index (χ0v) is 5.94. The highest BCUT2D eigenvalue weighted by Crippen LogP contribution is 1.81. The summed E-state index contributed by atoms with van der Waals surface area (Å²) >= 11 is 0. The molecule has 0 aliphatic rings. The van der Waals surface area contributed by atoms with Gasteiger partial charge in [-0.25, -0.2) is 0 Å². The average Bonchev–Trinajstić information content (AvgIpc) is 1.87. The molecule has 2 unspecified atom stereocenters. The van der Waals surface area contributed by atoms with E-state index in [9.17, 15) is 9.59 Å². The van der Waals surface area contributed by atoms with E-state index in [0.717, 1.165) is 0 Å². The van der Waals surface area contributed by atoms with Crippen molar-refractivity contribution in [2.45, 2.75) is 19.3 Å². The Morgan fingerprint density at radius 1 is 1.45 bits per heavy atom. The molecule has 11 heavy (non-hydrogen) atoms. The number of carbonyl (C=O) groups excluding carboxylic acids is 2. The van der Waals surface area contributed by atoms with Gasteiger partial charge in [0.25, 0.3) is 11.8 Å². The number of nitrogens with two attached hydrogens (primary N) is 1. The Kier molecular flexibility index (Phi) is 3.49. The van der Waals surface area contributed by atoms with Gasteiger partial charge in [-0.15, -0.1) is 0 Å². The van der Waals surface area contributed by atoms with Gasteiger partial charge in [-0.05, 0) is 6.92 Å². The second kappa shape index (κ2) is 3.89. The summed E-state index contributed by atoms with van der Waals surface area (Å²) in [6, 6.07) is 0. The van der Waals surface area contributed by atoms with E-state index in [1.165, 1.54) is 6.92 Å². The standard InChI is InChI=1S/C5H10N2O4/c1-2(8)4(10)7-5(11)3(6)9/h2,5,8,11H,1H3,(H2,6,9)(H,7,10). The molecule has 0 aromatic carbocycles. The molecule has 5 N–H and O–H groups in total. The molecule has 64 valence electrons. The first-order valence-corrected chi connectivity index (χ1v) is 2.91. The lowest BCUT2D eigenvalue weighted by molar-refractivity contribution is -0.138. The van der Waals surface area contributed by atoms with Crippen LogP contribution in [-0.2, 0) is 9.59 Å². The summed E-state index contributed by atoms with van der Waals surface area (Å²) in [6.45, 7) is 1.20. The predicted octanol–water partition coefficient (Wildman–Crippen LogP) is -2.71. The van der Waals surface area contributed by atoms with Crippen molar-refractivity contribution in [3.05, 3.63) is 0 Å². The van der Waals surface area contributed by atoms with Gasteiger partial charge < -0.3 is 21.3 Å². The molecule has 6 heteroatoms. The quantitative estimate of drug-likeness (QED) is 0.338. The van der Waals surface area contributed by atoms with Crippen LogP contribution in [0.4, 0.5) is 0 Å². The largest absolute Gasteiger partial charge is 0.384 e. The molecular formula is C5H10N2O4. The number of aliphatic hydroxyl groups excluding tert-OH is 2. The van der Waals surface area contributed by atoms with Crippen LogP contribution in [0.5, 0.6) is 0 Å². The van der Waals surface area contributed by atoms with Gasteiger partial charge in [0.05, 0.1) is 0 Å². The highest BCUT2D eigenvalue weighted by Gasteiger charge is 2.16. The van der Waals surface area contributed by atoms with Crippen molar-refractivity contribution >= 4 is 11.8 Å². The van der Waals surface area contributed by atoms with Gasteiger partial charge in [-0.1, -0.05) is 0 Å². The van der Waals surface area contributed by atoms with Crippen molar-refractivity contribution in [1.29, 1.82) is 0 Å². The molecule has 0 aliphatic heterocycles. The Bertz CT molecular complexity index is 168. The third-order valence-electron chi connectivity index (χ3n) is 0.928. The normalized spacial score (nSPS) is 15.2. The molecule has 2 atom stereocenters. The van der Waals surface area contributed by atoms with Crippen LogP contribution in [0.25, 0.3) is 0 Å². The van der Waals surface area contributed by atoms with E-state index in [4.69, 9.17) is 10.2 Å². The lowest BCUT2D eigenvalue weighted by atomic mass is 10.3. The molecule has 0 spiro atoms. The molecular weight excluding hydrogens is 152 g/mol. The second-order valence-corrected chi connectivity index (χ2v) is 1.99. The lowest BCUT2D eigenvalue weighted by Gasteiger charge is -2.09. The van der Waals surface area contributed by atoms with E-state index in [1.807, 2.05) is 0 Å². The third-order valence-corrected chi connectivity index (χ3v) is 0.928. The van der Waals surface area contributed by atoms with E-state index in [1.54, 1.807) is 5.32 Å². The van der Waals surface area contributed by atoms with E-state index >= 15 is 0 Å². The smallest absolute Gasteiger partial charge is 0.267 e. The van der Waals surface area contributed by atoms with Crippen LogP contribution in [0.1, 0.15) is 6.92 Å². The van der Waals surface area contributed by atoms with Gasteiger partial charge in [0.2, 0.25) is 6.23 Å². The Hall–Kier alpha value is -1.14. The van der Waals surface area contributed by atoms with Gasteiger partial charge in [0.15, 0.2) is 0 Å². The Labute approximate surface area is 63.0 Å². The van der Waals surface area contributed by atoms with Crippen LogP contribution in [-0.4, -0.2) is 34.4 Å². The van der Waals surface area contributed by atoms with Crippen LogP contribution in [0.3, 0.4) is 0 Å². The Morgan fingerprint density at radius 2 is 1.91 bits per heavy atom. The molecule has 2 amide bonds. The Morgan fingerprint density at radius 3 is 2.18 bits per heavy atom. The third kappa shape index (κ3) is 3.54. The number of amides is 2. The van der Waals surface area contributed by atoms with Crippen molar-refractivity contribution < 1.29 is 19.8 Å². The molecule has 0 saturated carbocycles. The van der Waals surface area contributed by atoms with E-state index < -0.39 is 24.1 Å². The fourth-order valence-electron chi connectivity index (χ4n) is 0.326. The van der Waals surface area contributed by atoms with Crippen LogP contribution in [0.2, 0.25) is 0 Å². The molecule has 0 radical (unpaired) electrons. The highest BCUT2D eigenvalue weighted by atomic mass is 16.3. The number of aliphatic hydroxyl groups is 2. The maximum absolute atomic E-state index is 10.5. The Balaban J connectivity index is 3.85. The van der Waals surface area contributed by atoms with Crippen LogP contribution in [0.15, 0.2) is 0 Å². The second-order valence-electron chi connectivity index (χ2n) is 1.99. The maximum atomic E-state index is 10.5. The predicted molar refractivity (Wildman–Crippen MR) is 35.0 cm³/mol. The van der Waals surface area contributed by atoms with E-state index in [-0.39, 0.29) is 0 Å². The first-order valence-electron chi connectivity index (χ1n) is 2.91. The minimum absolute atomic E-state index is 0.851. The summed E-state index contributed by atoms with van der Waals surface area (Å²) in [7, 11) is 0. The summed E-state index contributed by atoms with van der Waals surface area (Å²) < 4.78 is 0. The highest BCUT2D eigenvalue weighted by molar-refractivity contribution is 5.86. The minimum Gasteiger partial charge on any atom is -0.384 e. The van der Waals surface area contributed by atoms with Crippen molar-refractivity contribution in [3.63, 3.8) is 0 Å². The van der Waals surface area contributed by atoms with Crippen LogP contribution < -0.4 is 11.1 Å². The summed E-state index contributed by atoms with van der Waals surface area (Å²) in [5.74, 6) is -1.92. The maximum Gasteiger partial charge on any atom is 0.267 e. The first kappa shape index (κ1) is 9.86. The lowest BCUT2D eigenvalue weighted by Crippen LogP contribution is -2.47. The SMILES string of the molecule is CC(O)C(=O)NC(O)C(N)=O. The van der Waals surface area contributed by atoms with Crippen molar-refractivity contribution in [1.82, 2.24) is 5.32 Å². The molecule has 0 aliphatic carbocycles. The van der Waals surface area contributed by atoms with Crippen molar-refractivity contribution in [2.75, 3.05) is 0 Å². The number of rotatable bonds is 3. The first-order chi connectivity index (χ1) is 4.95. The zero-order valence-electron chi connectivity index (χ0n) is 5.94. The molecule has 0 aromatic rings. The fraction of sp³-hybridized carbons (Fsp3) is 0.600. The number of hydrogen-bond acceptors (Lipinski definition) is 4. The van der Waals surface area contributed by atoms with Crippen LogP contribution in [0, 0.1) is 0 Å². The number of nitrogens with one attached hydrogen (secondary N) is 1. The summed E-state index contributed by atoms with van der Waals surface area (Å²) in [5, 5.41) is 19.0. The van der Waals surface area contributed by atoms with Gasteiger partial charge >= 0.3 is 0 Å². The molecule has 0 aromatic heterocycles. The zero-order chi connectivity index (χ0) is 9.02. The summed E-state index contributed by atoms with van der Waals surface area (Å²) in [5.41, 5.74) is 4.60. The molecule has 0 fully saturated rings. The average molecular weight is 162 g/mol. The summed E-state index contributed by atoms with van der Waals surface area (Å²) in [6.07, 6.45) is -3.01. The number of primary amides is 1. The monoisotopic (exact) mass is 162 g/mol. The molecule has 0 saturated heterocycles. The van der Waals surface area contributed by atoms with Gasteiger partial charge in [-0.3, -0.25) is 9.59 Å². The number of carbonyl (C=O) groups is 2. The topological polar surface area (TPSA) is 113 Å². The van der Waals surface area contributed by atoms with Crippen molar-refractivity contribution in [3.8, 4) is 0 Å². The van der Waals surface area contributed by atoms with E-state index in [0.29, 0.717) is 0 Å². The molecule has 0 rings (SSSR count). The van der Waals surface area contributed by atoms with Gasteiger partial charge in [0, 0.05) is 0 Å². The van der Waals surface area contributed by atoms with Crippen LogP contribution >= 0.6 is 0 Å². The summed E-state index contributed by atoms with van der Waals surface area (Å²) in [4.78, 5) is 20.7. The van der Waals surface area contributed by atoms with Gasteiger partial charge in [0.1, 0.15) is 6.10 Å². The number of hydrogen-bond donors (Lipinski definition) is 4. The van der Waals surface area contributed by atoms with Crippen molar-refractivity contribution in [2.24, 2.45) is 5.73 Å². The van der Waals surface area contributed by atoms with E-state index in [2.05, 4.69) is 5.73 Å². The molecule has 0 bridgehead atoms. The molecule has 6 nitrogen and oxygen atoms in total.